The normalized spacial score (nSPS) is 12.2. The molecule has 7 nitrogen and oxygen atoms in total. The van der Waals surface area contributed by atoms with E-state index in [1.54, 1.807) is 7.11 Å². The molecule has 162 valence electrons. The number of nitrogens with one attached hydrogen (secondary N) is 3. The smallest absolute Gasteiger partial charge is 0.191 e. The largest absolute Gasteiger partial charge is 0.493 e. The molecule has 0 spiro atoms. The van der Waals surface area contributed by atoms with Crippen molar-refractivity contribution in [3.8, 4) is 11.5 Å². The number of guanidine groups is 1. The number of hydrogen-bond donors (Lipinski definition) is 3. The number of nitrogens with zero attached hydrogens (tertiary/aromatic N) is 2. The lowest BCUT2D eigenvalue weighted by Gasteiger charge is -2.16. The number of aromatic nitrogens is 2. The van der Waals surface area contributed by atoms with Gasteiger partial charge in [-0.05, 0) is 38.1 Å². The second kappa shape index (κ2) is 12.3. The Hall–Kier alpha value is -2.49. The van der Waals surface area contributed by atoms with Crippen LogP contribution in [0.2, 0.25) is 0 Å². The molecule has 0 fully saturated rings. The third kappa shape index (κ3) is 6.79. The second-order valence-electron chi connectivity index (χ2n) is 6.68. The average molecular weight is 523 g/mol. The van der Waals surface area contributed by atoms with Crippen LogP contribution in [0, 0.1) is 0 Å². The highest BCUT2D eigenvalue weighted by atomic mass is 127. The van der Waals surface area contributed by atoms with Crippen molar-refractivity contribution in [2.24, 2.45) is 4.99 Å². The molecule has 0 bridgehead atoms. The molecule has 0 amide bonds. The first-order chi connectivity index (χ1) is 14.2. The highest BCUT2D eigenvalue weighted by Crippen LogP contribution is 2.26. The molecule has 0 radical (unpaired) electrons. The Balaban J connectivity index is 0.00000320. The van der Waals surface area contributed by atoms with Gasteiger partial charge >= 0.3 is 0 Å². The van der Waals surface area contributed by atoms with E-state index < -0.39 is 0 Å². The number of halogens is 1. The summed E-state index contributed by atoms with van der Waals surface area (Å²) in [7, 11) is 1.64. The van der Waals surface area contributed by atoms with Crippen LogP contribution >= 0.6 is 24.0 Å². The van der Waals surface area contributed by atoms with E-state index in [0.29, 0.717) is 6.54 Å². The van der Waals surface area contributed by atoms with Crippen LogP contribution in [0.15, 0.2) is 53.5 Å². The molecule has 0 aliphatic rings. The van der Waals surface area contributed by atoms with Crippen molar-refractivity contribution < 1.29 is 9.47 Å². The first kappa shape index (κ1) is 23.8. The minimum absolute atomic E-state index is 0. The monoisotopic (exact) mass is 523 g/mol. The number of benzene rings is 2. The zero-order valence-electron chi connectivity index (χ0n) is 17.6. The van der Waals surface area contributed by atoms with Gasteiger partial charge in [0.1, 0.15) is 11.9 Å². The van der Waals surface area contributed by atoms with Crippen molar-refractivity contribution in [1.82, 2.24) is 20.6 Å². The SMILES string of the molecule is CCNC(=NCC(C)Oc1ccccc1OC)NCCc1nc2ccccc2[nH]1.I. The Kier molecular flexibility index (Phi) is 9.72. The number of H-pyrrole nitrogens is 1. The Morgan fingerprint density at radius 1 is 1.10 bits per heavy atom. The molecular formula is C22H30IN5O2. The Labute approximate surface area is 194 Å². The summed E-state index contributed by atoms with van der Waals surface area (Å²) in [6.45, 7) is 6.09. The van der Waals surface area contributed by atoms with Crippen LogP contribution in [-0.4, -0.2) is 48.8 Å². The van der Waals surface area contributed by atoms with Crippen molar-refractivity contribution in [3.05, 3.63) is 54.4 Å². The van der Waals surface area contributed by atoms with Crippen molar-refractivity contribution in [3.63, 3.8) is 0 Å². The van der Waals surface area contributed by atoms with Crippen molar-refractivity contribution in [2.45, 2.75) is 26.4 Å². The molecule has 3 N–H and O–H groups in total. The lowest BCUT2D eigenvalue weighted by Crippen LogP contribution is -2.39. The quantitative estimate of drug-likeness (QED) is 0.226. The summed E-state index contributed by atoms with van der Waals surface area (Å²) < 4.78 is 11.3. The molecule has 0 aliphatic carbocycles. The molecule has 1 heterocycles. The van der Waals surface area contributed by atoms with Crippen LogP contribution in [0.4, 0.5) is 0 Å². The van der Waals surface area contributed by atoms with Crippen molar-refractivity contribution in [2.75, 3.05) is 26.7 Å². The lowest BCUT2D eigenvalue weighted by molar-refractivity contribution is 0.219. The van der Waals surface area contributed by atoms with Crippen LogP contribution in [-0.2, 0) is 6.42 Å². The average Bonchev–Trinajstić information content (AvgIpc) is 3.15. The van der Waals surface area contributed by atoms with E-state index in [9.17, 15) is 0 Å². The highest BCUT2D eigenvalue weighted by molar-refractivity contribution is 14.0. The van der Waals surface area contributed by atoms with Crippen LogP contribution in [0.5, 0.6) is 11.5 Å². The van der Waals surface area contributed by atoms with E-state index in [2.05, 4.69) is 25.6 Å². The van der Waals surface area contributed by atoms with Crippen LogP contribution in [0.25, 0.3) is 11.0 Å². The standard InChI is InChI=1S/C22H29N5O2.HI/c1-4-23-22(24-14-13-21-26-17-9-5-6-10-18(17)27-21)25-15-16(2)29-20-12-8-7-11-19(20)28-3;/h5-12,16H,4,13-15H2,1-3H3,(H,26,27)(H2,23,24,25);1H. The van der Waals surface area contributed by atoms with Gasteiger partial charge in [0.25, 0.3) is 0 Å². The van der Waals surface area contributed by atoms with Gasteiger partial charge < -0.3 is 25.1 Å². The summed E-state index contributed by atoms with van der Waals surface area (Å²) in [5, 5.41) is 6.62. The van der Waals surface area contributed by atoms with Gasteiger partial charge in [-0.2, -0.15) is 0 Å². The summed E-state index contributed by atoms with van der Waals surface area (Å²) >= 11 is 0. The number of ether oxygens (including phenoxy) is 2. The number of hydrogen-bond acceptors (Lipinski definition) is 4. The Morgan fingerprint density at radius 3 is 2.57 bits per heavy atom. The molecular weight excluding hydrogens is 493 g/mol. The molecule has 0 saturated carbocycles. The number of aromatic amines is 1. The molecule has 8 heteroatoms. The maximum atomic E-state index is 5.97. The fraction of sp³-hybridized carbons (Fsp3) is 0.364. The number of methoxy groups -OCH3 is 1. The number of imidazole rings is 1. The third-order valence-electron chi connectivity index (χ3n) is 4.34. The van der Waals surface area contributed by atoms with E-state index in [0.717, 1.165) is 53.8 Å². The highest BCUT2D eigenvalue weighted by Gasteiger charge is 2.09. The molecule has 1 unspecified atom stereocenters. The lowest BCUT2D eigenvalue weighted by atomic mass is 10.3. The number of rotatable bonds is 9. The van der Waals surface area contributed by atoms with E-state index >= 15 is 0 Å². The van der Waals surface area contributed by atoms with Gasteiger partial charge in [0.05, 0.1) is 24.7 Å². The molecule has 2 aromatic carbocycles. The summed E-state index contributed by atoms with van der Waals surface area (Å²) in [4.78, 5) is 12.6. The molecule has 1 atom stereocenters. The van der Waals surface area contributed by atoms with Gasteiger partial charge in [-0.25, -0.2) is 9.98 Å². The van der Waals surface area contributed by atoms with Crippen molar-refractivity contribution in [1.29, 1.82) is 0 Å². The number of para-hydroxylation sites is 4. The Morgan fingerprint density at radius 2 is 1.83 bits per heavy atom. The van der Waals surface area contributed by atoms with E-state index in [1.165, 1.54) is 0 Å². The van der Waals surface area contributed by atoms with Gasteiger partial charge in [-0.3, -0.25) is 0 Å². The predicted octanol–water partition coefficient (Wildman–Crippen LogP) is 3.75. The zero-order valence-corrected chi connectivity index (χ0v) is 20.0. The topological polar surface area (TPSA) is 83.6 Å². The van der Waals surface area contributed by atoms with Gasteiger partial charge in [0.2, 0.25) is 0 Å². The van der Waals surface area contributed by atoms with Crippen molar-refractivity contribution >= 4 is 41.0 Å². The maximum Gasteiger partial charge on any atom is 0.191 e. The molecule has 3 rings (SSSR count). The van der Waals surface area contributed by atoms with Gasteiger partial charge in [0.15, 0.2) is 17.5 Å². The molecule has 0 aliphatic heterocycles. The molecule has 30 heavy (non-hydrogen) atoms. The van der Waals surface area contributed by atoms with E-state index in [1.807, 2.05) is 62.4 Å². The minimum atomic E-state index is -0.0860. The molecule has 3 aromatic rings. The van der Waals surface area contributed by atoms with Crippen LogP contribution in [0.1, 0.15) is 19.7 Å². The summed E-state index contributed by atoms with van der Waals surface area (Å²) in [5.41, 5.74) is 2.05. The molecule has 1 aromatic heterocycles. The predicted molar refractivity (Wildman–Crippen MR) is 132 cm³/mol. The van der Waals surface area contributed by atoms with Crippen LogP contribution < -0.4 is 20.1 Å². The summed E-state index contributed by atoms with van der Waals surface area (Å²) in [6.07, 6.45) is 0.698. The number of fused-ring (bicyclic) bond motifs is 1. The number of aliphatic imine (C=N–C) groups is 1. The third-order valence-corrected chi connectivity index (χ3v) is 4.34. The second-order valence-corrected chi connectivity index (χ2v) is 6.68. The van der Waals surface area contributed by atoms with E-state index in [4.69, 9.17) is 9.47 Å². The summed E-state index contributed by atoms with van der Waals surface area (Å²) in [6, 6.07) is 15.7. The zero-order chi connectivity index (χ0) is 20.5. The van der Waals surface area contributed by atoms with E-state index in [-0.39, 0.29) is 30.1 Å². The van der Waals surface area contributed by atoms with Gasteiger partial charge in [-0.1, -0.05) is 24.3 Å². The fourth-order valence-corrected chi connectivity index (χ4v) is 2.96. The Bertz CT molecular complexity index is 911. The maximum absolute atomic E-state index is 5.97. The minimum Gasteiger partial charge on any atom is -0.493 e. The first-order valence-electron chi connectivity index (χ1n) is 9.95. The fourth-order valence-electron chi connectivity index (χ4n) is 2.96. The van der Waals surface area contributed by atoms with Gasteiger partial charge in [0, 0.05) is 19.5 Å². The van der Waals surface area contributed by atoms with Crippen LogP contribution in [0.3, 0.4) is 0 Å². The van der Waals surface area contributed by atoms with Gasteiger partial charge in [-0.15, -0.1) is 24.0 Å². The summed E-state index contributed by atoms with van der Waals surface area (Å²) in [5.74, 6) is 3.17. The first-order valence-corrected chi connectivity index (χ1v) is 9.95. The molecule has 0 saturated heterocycles.